The van der Waals surface area contributed by atoms with E-state index >= 15 is 0 Å². The van der Waals surface area contributed by atoms with Crippen molar-refractivity contribution in [3.63, 3.8) is 0 Å². The fourth-order valence-corrected chi connectivity index (χ4v) is 4.07. The summed E-state index contributed by atoms with van der Waals surface area (Å²) in [5, 5.41) is 1.97. The van der Waals surface area contributed by atoms with Gasteiger partial charge in [-0.05, 0) is 18.9 Å². The van der Waals surface area contributed by atoms with Gasteiger partial charge in [-0.25, -0.2) is 18.2 Å². The number of pyridine rings is 1. The number of aromatic nitrogens is 2. The van der Waals surface area contributed by atoms with E-state index in [1.807, 2.05) is 0 Å². The predicted molar refractivity (Wildman–Crippen MR) is 95.8 cm³/mol. The summed E-state index contributed by atoms with van der Waals surface area (Å²) in [7, 11) is 0. The Morgan fingerprint density at radius 1 is 1.35 bits per heavy atom. The largest absolute Gasteiger partial charge is 0.436 e. The van der Waals surface area contributed by atoms with E-state index in [0.717, 1.165) is 12.3 Å². The number of nitrogens with one attached hydrogen (secondary N) is 2. The number of hydrogen-bond donors (Lipinski definition) is 2. The van der Waals surface area contributed by atoms with E-state index in [0.29, 0.717) is 0 Å². The van der Waals surface area contributed by atoms with Crippen molar-refractivity contribution in [1.82, 2.24) is 20.2 Å². The number of halogens is 6. The molecule has 2 N–H and O–H groups in total. The zero-order valence-electron chi connectivity index (χ0n) is 16.2. The van der Waals surface area contributed by atoms with Gasteiger partial charge in [0, 0.05) is 24.9 Å². The van der Waals surface area contributed by atoms with Crippen LogP contribution in [0.25, 0.3) is 10.9 Å². The molecule has 31 heavy (non-hydrogen) atoms. The van der Waals surface area contributed by atoms with Crippen LogP contribution in [0.1, 0.15) is 42.4 Å². The maximum absolute atomic E-state index is 14.2. The molecule has 1 spiro atoms. The number of aromatic amines is 1. The number of carbonyl (C=O) groups is 2. The highest BCUT2D eigenvalue weighted by atomic mass is 19.4. The minimum atomic E-state index is -5.00. The maximum atomic E-state index is 14.2. The first-order valence-electron chi connectivity index (χ1n) is 9.60. The molecule has 0 bridgehead atoms. The van der Waals surface area contributed by atoms with Crippen LogP contribution in [0.4, 0.5) is 26.3 Å². The van der Waals surface area contributed by atoms with Gasteiger partial charge in [0.15, 0.2) is 11.5 Å². The molecule has 12 heteroatoms. The minimum Gasteiger partial charge on any atom is -0.349 e. The molecule has 2 aromatic heterocycles. The third kappa shape index (κ3) is 3.51. The zero-order chi connectivity index (χ0) is 22.8. The lowest BCUT2D eigenvalue weighted by Crippen LogP contribution is -2.47. The highest BCUT2D eigenvalue weighted by Crippen LogP contribution is 2.65. The van der Waals surface area contributed by atoms with E-state index in [4.69, 9.17) is 0 Å². The van der Waals surface area contributed by atoms with Gasteiger partial charge in [0.2, 0.25) is 5.91 Å². The van der Waals surface area contributed by atoms with Gasteiger partial charge in [-0.3, -0.25) is 9.59 Å². The van der Waals surface area contributed by atoms with Crippen LogP contribution >= 0.6 is 0 Å². The van der Waals surface area contributed by atoms with Crippen molar-refractivity contribution < 1.29 is 35.9 Å². The number of H-pyrrole nitrogens is 1. The Balaban J connectivity index is 1.49. The second kappa shape index (κ2) is 6.86. The Morgan fingerprint density at radius 3 is 2.58 bits per heavy atom. The highest BCUT2D eigenvalue weighted by molar-refractivity contribution is 6.00. The molecule has 2 aromatic rings. The van der Waals surface area contributed by atoms with Crippen LogP contribution < -0.4 is 5.32 Å². The highest BCUT2D eigenvalue weighted by Gasteiger charge is 2.73. The van der Waals surface area contributed by atoms with Crippen LogP contribution in [0.15, 0.2) is 12.3 Å². The van der Waals surface area contributed by atoms with E-state index in [-0.39, 0.29) is 43.6 Å². The van der Waals surface area contributed by atoms with Gasteiger partial charge in [-0.1, -0.05) is 6.92 Å². The lowest BCUT2D eigenvalue weighted by atomic mass is 10.1. The molecule has 2 aliphatic rings. The van der Waals surface area contributed by atoms with Crippen LogP contribution in [0.5, 0.6) is 0 Å². The number of rotatable bonds is 4. The van der Waals surface area contributed by atoms with Gasteiger partial charge in [-0.15, -0.1) is 0 Å². The van der Waals surface area contributed by atoms with Gasteiger partial charge in [-0.2, -0.15) is 13.2 Å². The maximum Gasteiger partial charge on any atom is 0.436 e. The lowest BCUT2D eigenvalue weighted by Gasteiger charge is -2.23. The summed E-state index contributed by atoms with van der Waals surface area (Å²) >= 11 is 0. The molecule has 1 aliphatic heterocycles. The number of carbonyl (C=O) groups excluding carboxylic acids is 2. The quantitative estimate of drug-likeness (QED) is 0.703. The number of amides is 2. The number of hydrogen-bond acceptors (Lipinski definition) is 3. The number of nitrogens with zero attached hydrogens (tertiary/aromatic N) is 2. The van der Waals surface area contributed by atoms with E-state index in [1.165, 1.54) is 4.90 Å². The molecule has 2 amide bonds. The molecule has 6 nitrogen and oxygen atoms in total. The monoisotopic (exact) mass is 448 g/mol. The molecule has 0 radical (unpaired) electrons. The Labute approximate surface area is 172 Å². The minimum absolute atomic E-state index is 0.0886. The second-order valence-corrected chi connectivity index (χ2v) is 8.03. The number of likely N-dealkylation sites (tertiary alicyclic amines) is 1. The third-order valence-corrected chi connectivity index (χ3v) is 6.02. The smallest absolute Gasteiger partial charge is 0.349 e. The normalized spacial score (nSPS) is 23.4. The summed E-state index contributed by atoms with van der Waals surface area (Å²) in [5.41, 5.74) is -3.25. The Morgan fingerprint density at radius 2 is 2.03 bits per heavy atom. The SMILES string of the molecule is CC[C@@H](NC(=O)c1cc2c(F)c(C(F)(F)F)ncc2[nH]1)C(=O)N1CC[C@@]2(C1)CC2(F)F. The van der Waals surface area contributed by atoms with Crippen molar-refractivity contribution in [2.75, 3.05) is 13.1 Å². The van der Waals surface area contributed by atoms with E-state index < -0.39 is 52.3 Å². The summed E-state index contributed by atoms with van der Waals surface area (Å²) in [6.45, 7) is 1.68. The van der Waals surface area contributed by atoms with Crippen molar-refractivity contribution in [3.8, 4) is 0 Å². The van der Waals surface area contributed by atoms with Gasteiger partial charge >= 0.3 is 6.18 Å². The van der Waals surface area contributed by atoms with Crippen LogP contribution in [0.3, 0.4) is 0 Å². The van der Waals surface area contributed by atoms with Gasteiger partial charge < -0.3 is 15.2 Å². The van der Waals surface area contributed by atoms with Crippen LogP contribution in [0.2, 0.25) is 0 Å². The van der Waals surface area contributed by atoms with E-state index in [1.54, 1.807) is 6.92 Å². The molecule has 1 saturated carbocycles. The average molecular weight is 448 g/mol. The topological polar surface area (TPSA) is 78.1 Å². The van der Waals surface area contributed by atoms with Crippen molar-refractivity contribution >= 4 is 22.7 Å². The standard InChI is InChI=1S/C19H18F6N4O2/c1-2-10(16(31)29-4-3-17(8-29)7-18(17,21)22)28-15(30)11-5-9-12(27-11)6-26-14(13(9)20)19(23,24)25/h5-6,10,27H,2-4,7-8H2,1H3,(H,28,30)/t10-,17+/m1/s1. The van der Waals surface area contributed by atoms with Crippen molar-refractivity contribution in [2.45, 2.75) is 44.3 Å². The molecule has 2 fully saturated rings. The van der Waals surface area contributed by atoms with Crippen LogP contribution in [0, 0.1) is 11.2 Å². The first kappa shape index (κ1) is 21.4. The van der Waals surface area contributed by atoms with Gasteiger partial charge in [0.25, 0.3) is 11.8 Å². The van der Waals surface area contributed by atoms with Crippen LogP contribution in [-0.2, 0) is 11.0 Å². The van der Waals surface area contributed by atoms with Crippen molar-refractivity contribution in [3.05, 3.63) is 29.5 Å². The molecular weight excluding hydrogens is 430 g/mol. The van der Waals surface area contributed by atoms with E-state index in [9.17, 15) is 35.9 Å². The number of fused-ring (bicyclic) bond motifs is 1. The summed E-state index contributed by atoms with van der Waals surface area (Å²) < 4.78 is 79.8. The summed E-state index contributed by atoms with van der Waals surface area (Å²) in [5.74, 6) is -5.75. The fourth-order valence-electron chi connectivity index (χ4n) is 4.07. The second-order valence-electron chi connectivity index (χ2n) is 8.03. The first-order chi connectivity index (χ1) is 14.4. The van der Waals surface area contributed by atoms with Crippen LogP contribution in [-0.4, -0.2) is 51.7 Å². The Hall–Kier alpha value is -2.79. The first-order valence-corrected chi connectivity index (χ1v) is 9.60. The zero-order valence-corrected chi connectivity index (χ0v) is 16.2. The van der Waals surface area contributed by atoms with Gasteiger partial charge in [0.1, 0.15) is 11.7 Å². The van der Waals surface area contributed by atoms with Crippen molar-refractivity contribution in [1.29, 1.82) is 0 Å². The van der Waals surface area contributed by atoms with Gasteiger partial charge in [0.05, 0.1) is 17.1 Å². The molecule has 2 atom stereocenters. The van der Waals surface area contributed by atoms with E-state index in [2.05, 4.69) is 15.3 Å². The molecule has 1 saturated heterocycles. The average Bonchev–Trinajstić information content (AvgIpc) is 3.06. The fraction of sp³-hybridized carbons (Fsp3) is 0.526. The molecule has 1 aliphatic carbocycles. The molecule has 3 heterocycles. The molecule has 4 rings (SSSR count). The van der Waals surface area contributed by atoms with Crippen molar-refractivity contribution in [2.24, 2.45) is 5.41 Å². The molecule has 0 aromatic carbocycles. The summed E-state index contributed by atoms with van der Waals surface area (Å²) in [6.07, 6.45) is -4.14. The Bertz CT molecular complexity index is 1070. The summed E-state index contributed by atoms with van der Waals surface area (Å²) in [4.78, 5) is 32.1. The molecule has 0 unspecified atom stereocenters. The lowest BCUT2D eigenvalue weighted by molar-refractivity contribution is -0.143. The molecular formula is C19H18F6N4O2. The molecule has 168 valence electrons. The summed E-state index contributed by atoms with van der Waals surface area (Å²) in [6, 6.07) is -0.112. The Kier molecular flexibility index (Phi) is 4.74. The number of alkyl halides is 5. The third-order valence-electron chi connectivity index (χ3n) is 6.02. The predicted octanol–water partition coefficient (Wildman–Crippen LogP) is 3.49.